The summed E-state index contributed by atoms with van der Waals surface area (Å²) in [5, 5.41) is 34.5. The maximum Gasteiger partial charge on any atom is 0.350 e. The summed E-state index contributed by atoms with van der Waals surface area (Å²) in [6.07, 6.45) is -4.14. The van der Waals surface area contributed by atoms with Crippen molar-refractivity contribution < 1.29 is 41.8 Å². The van der Waals surface area contributed by atoms with Crippen LogP contribution in [0.4, 0.5) is 11.4 Å². The number of aliphatic hydroxyl groups excluding tert-OH is 1. The lowest BCUT2D eigenvalue weighted by Gasteiger charge is -2.37. The van der Waals surface area contributed by atoms with Crippen LogP contribution in [0.3, 0.4) is 0 Å². The van der Waals surface area contributed by atoms with Crippen molar-refractivity contribution in [3.05, 3.63) is 204 Å². The first-order chi connectivity index (χ1) is 30.4. The van der Waals surface area contributed by atoms with Gasteiger partial charge < -0.3 is 19.3 Å². The van der Waals surface area contributed by atoms with Crippen molar-refractivity contribution in [2.45, 2.75) is 48.0 Å². The van der Waals surface area contributed by atoms with Gasteiger partial charge in [-0.05, 0) is 58.9 Å². The van der Waals surface area contributed by atoms with Gasteiger partial charge in [0.1, 0.15) is 28.6 Å². The largest absolute Gasteiger partial charge is 0.497 e. The van der Waals surface area contributed by atoms with E-state index in [4.69, 9.17) is 18.4 Å². The summed E-state index contributed by atoms with van der Waals surface area (Å²) >= 11 is 1.28. The maximum atomic E-state index is 13.7. The zero-order valence-corrected chi connectivity index (χ0v) is 35.4. The maximum absolute atomic E-state index is 13.7. The predicted octanol–water partition coefficient (Wildman–Crippen LogP) is 6.63. The number of benzene rings is 5. The molecule has 0 radical (unpaired) electrons. The predicted molar refractivity (Wildman–Crippen MR) is 233 cm³/mol. The summed E-state index contributed by atoms with van der Waals surface area (Å²) in [6.45, 7) is -0.311. The van der Waals surface area contributed by atoms with Gasteiger partial charge in [-0.2, -0.15) is 13.4 Å². The molecule has 0 aliphatic carbocycles. The number of thioether (sulfide) groups is 1. The molecule has 326 valence electrons. The molecule has 2 heterocycles. The van der Waals surface area contributed by atoms with Gasteiger partial charge in [-0.3, -0.25) is 29.0 Å². The molecular weight excluding hydrogens is 853 g/mol. The first-order valence-electron chi connectivity index (χ1n) is 19.7. The van der Waals surface area contributed by atoms with E-state index in [1.165, 1.54) is 54.4 Å². The fraction of sp³-hybridized carbons (Fsp3) is 0.244. The van der Waals surface area contributed by atoms with E-state index in [1.807, 2.05) is 72.8 Å². The molecule has 63 heavy (non-hydrogen) atoms. The van der Waals surface area contributed by atoms with E-state index in [2.05, 4.69) is 4.98 Å². The summed E-state index contributed by atoms with van der Waals surface area (Å²) in [5.74, 6) is 0.556. The molecule has 16 nitrogen and oxygen atoms in total. The van der Waals surface area contributed by atoms with Crippen LogP contribution in [0.25, 0.3) is 0 Å². The Morgan fingerprint density at radius 1 is 0.778 bits per heavy atom. The summed E-state index contributed by atoms with van der Waals surface area (Å²) in [5.41, 5.74) is 1.31. The monoisotopic (exact) mass is 894 g/mol. The Labute approximate surface area is 366 Å². The Morgan fingerprint density at radius 2 is 1.32 bits per heavy atom. The average molecular weight is 895 g/mol. The van der Waals surface area contributed by atoms with Crippen molar-refractivity contribution in [3.63, 3.8) is 0 Å². The van der Waals surface area contributed by atoms with Crippen molar-refractivity contribution in [3.8, 4) is 5.75 Å². The van der Waals surface area contributed by atoms with Crippen molar-refractivity contribution in [1.82, 2.24) is 9.55 Å². The molecule has 1 aliphatic heterocycles. The minimum Gasteiger partial charge on any atom is -0.497 e. The molecule has 5 aromatic carbocycles. The number of ether oxygens (including phenoxy) is 3. The molecule has 0 unspecified atom stereocenters. The van der Waals surface area contributed by atoms with Crippen molar-refractivity contribution in [2.75, 3.05) is 25.2 Å². The Hall–Kier alpha value is -6.28. The van der Waals surface area contributed by atoms with E-state index < -0.39 is 61.5 Å². The zero-order valence-electron chi connectivity index (χ0n) is 33.7. The molecule has 1 saturated heterocycles. The van der Waals surface area contributed by atoms with Gasteiger partial charge in [-0.15, -0.1) is 11.8 Å². The van der Waals surface area contributed by atoms with E-state index >= 15 is 0 Å². The number of aryl methyl sites for hydroxylation is 2. The van der Waals surface area contributed by atoms with Crippen LogP contribution in [0, 0.1) is 20.2 Å². The minimum atomic E-state index is -4.44. The molecule has 0 spiro atoms. The number of aliphatic hydroxyl groups is 1. The van der Waals surface area contributed by atoms with Gasteiger partial charge in [-0.25, -0.2) is 4.79 Å². The molecule has 1 aromatic heterocycles. The SMILES string of the molecule is COc1ccc(C(OC[C@H]2O[C@@H](n3ccc(SCCc4ccc([N+](=O)[O-])cc4)nc3=O)[C@H](OS(=O)(=O)CCc3ccc([N+](=O)[O-])cc3)[C@@H]2O)(c2ccccc2)c2ccccc2)cc1. The molecule has 1 aliphatic rings. The summed E-state index contributed by atoms with van der Waals surface area (Å²) in [6, 6.07) is 39.4. The molecule has 1 fully saturated rings. The number of non-ortho nitro benzene ring substituents is 2. The lowest BCUT2D eigenvalue weighted by molar-refractivity contribution is -0.385. The Balaban J connectivity index is 1.17. The van der Waals surface area contributed by atoms with Gasteiger partial charge in [0, 0.05) is 36.2 Å². The van der Waals surface area contributed by atoms with Crippen LogP contribution < -0.4 is 10.4 Å². The minimum absolute atomic E-state index is 0.0201. The van der Waals surface area contributed by atoms with Gasteiger partial charge in [0.15, 0.2) is 12.3 Å². The number of nitrogens with zero attached hydrogens (tertiary/aromatic N) is 4. The smallest absolute Gasteiger partial charge is 0.350 e. The van der Waals surface area contributed by atoms with Gasteiger partial charge in [0.25, 0.3) is 21.5 Å². The van der Waals surface area contributed by atoms with E-state index in [0.29, 0.717) is 34.1 Å². The first-order valence-corrected chi connectivity index (χ1v) is 22.3. The van der Waals surface area contributed by atoms with Crippen LogP contribution in [0.15, 0.2) is 156 Å². The van der Waals surface area contributed by atoms with E-state index in [0.717, 1.165) is 21.3 Å². The highest BCUT2D eigenvalue weighted by Crippen LogP contribution is 2.43. The van der Waals surface area contributed by atoms with Gasteiger partial charge in [-0.1, -0.05) is 97.1 Å². The molecule has 0 saturated carbocycles. The Bertz CT molecular complexity index is 2630. The third-order valence-electron chi connectivity index (χ3n) is 10.5. The Morgan fingerprint density at radius 3 is 1.84 bits per heavy atom. The quantitative estimate of drug-likeness (QED) is 0.0226. The van der Waals surface area contributed by atoms with Crippen molar-refractivity contribution in [2.24, 2.45) is 0 Å². The fourth-order valence-corrected chi connectivity index (χ4v) is 9.26. The molecule has 0 bridgehead atoms. The second kappa shape index (κ2) is 19.8. The van der Waals surface area contributed by atoms with Gasteiger partial charge >= 0.3 is 5.69 Å². The number of rotatable bonds is 19. The van der Waals surface area contributed by atoms with Crippen molar-refractivity contribution in [1.29, 1.82) is 0 Å². The van der Waals surface area contributed by atoms with Crippen LogP contribution >= 0.6 is 11.8 Å². The van der Waals surface area contributed by atoms with Crippen LogP contribution in [-0.2, 0) is 42.2 Å². The van der Waals surface area contributed by atoms with Crippen LogP contribution in [0.2, 0.25) is 0 Å². The third-order valence-corrected chi connectivity index (χ3v) is 12.7. The van der Waals surface area contributed by atoms with Crippen LogP contribution in [-0.4, -0.2) is 76.5 Å². The fourth-order valence-electron chi connectivity index (χ4n) is 7.29. The highest BCUT2D eigenvalue weighted by atomic mass is 32.2. The highest BCUT2D eigenvalue weighted by molar-refractivity contribution is 7.99. The molecule has 0 amide bonds. The van der Waals surface area contributed by atoms with E-state index in [-0.39, 0.29) is 24.4 Å². The standard InChI is InChI=1S/C45H42N4O12S2/c1-58-38-22-16-35(17-23-38)45(33-8-4-2-5-9-33,34-10-6-3-7-11-34)59-30-39-41(50)42(61-63(56,57)29-26-32-14-20-37(21-15-32)49(54)55)43(60-39)47-27-24-40(46-44(47)51)62-28-25-31-12-18-36(19-13-31)48(52)53/h2-24,27,39,41-43,50H,25-26,28-30H2,1H3/t39-,41-,42-,43-/m1/s1. The normalized spacial score (nSPS) is 17.6. The summed E-state index contributed by atoms with van der Waals surface area (Å²) in [4.78, 5) is 39.0. The number of hydrogen-bond acceptors (Lipinski definition) is 14. The van der Waals surface area contributed by atoms with Gasteiger partial charge in [0.05, 0.1) is 29.3 Å². The number of nitro benzene ring substituents is 2. The summed E-state index contributed by atoms with van der Waals surface area (Å²) < 4.78 is 52.8. The lowest BCUT2D eigenvalue weighted by atomic mass is 9.80. The Kier molecular flexibility index (Phi) is 14.1. The lowest BCUT2D eigenvalue weighted by Crippen LogP contribution is -2.41. The van der Waals surface area contributed by atoms with Crippen LogP contribution in [0.5, 0.6) is 5.75 Å². The molecule has 6 aromatic rings. The topological polar surface area (TPSA) is 212 Å². The second-order valence-corrected chi connectivity index (χ2v) is 17.3. The number of methoxy groups -OCH3 is 1. The number of hydrogen-bond donors (Lipinski definition) is 1. The third kappa shape index (κ3) is 10.5. The summed E-state index contributed by atoms with van der Waals surface area (Å²) in [7, 11) is -2.87. The van der Waals surface area contributed by atoms with Gasteiger partial charge in [0.2, 0.25) is 0 Å². The van der Waals surface area contributed by atoms with E-state index in [1.54, 1.807) is 37.4 Å². The number of nitro groups is 2. The average Bonchev–Trinajstić information content (AvgIpc) is 3.59. The highest BCUT2D eigenvalue weighted by Gasteiger charge is 2.50. The molecule has 7 rings (SSSR count). The first kappa shape index (κ1) is 44.8. The molecule has 4 atom stereocenters. The molecule has 18 heteroatoms. The molecular formula is C45H42N4O12S2. The second-order valence-electron chi connectivity index (χ2n) is 14.5. The number of aromatic nitrogens is 2. The zero-order chi connectivity index (χ0) is 44.6. The van der Waals surface area contributed by atoms with E-state index in [9.17, 15) is 38.5 Å². The van der Waals surface area contributed by atoms with Crippen molar-refractivity contribution >= 4 is 33.3 Å². The molecule has 1 N–H and O–H groups in total. The van der Waals surface area contributed by atoms with Crippen LogP contribution in [0.1, 0.15) is 34.0 Å².